The standard InChI is InChI=1S/C18H30N4O/c1-6-14-10-8-9-11-15(14)12-20-17(19-7-2)21-13-16(23)22-18(3,4)5/h8-11H,6-7,12-13H2,1-5H3,(H,22,23)(H2,19,20,21). The minimum Gasteiger partial charge on any atom is -0.357 e. The largest absolute Gasteiger partial charge is 0.357 e. The van der Waals surface area contributed by atoms with Crippen molar-refractivity contribution in [2.45, 2.75) is 53.1 Å². The molecule has 0 saturated heterocycles. The Kier molecular flexibility index (Phi) is 7.59. The first kappa shape index (κ1) is 19.0. The summed E-state index contributed by atoms with van der Waals surface area (Å²) >= 11 is 0. The predicted molar refractivity (Wildman–Crippen MR) is 96.5 cm³/mol. The van der Waals surface area contributed by atoms with Gasteiger partial charge in [-0.3, -0.25) is 4.79 Å². The van der Waals surface area contributed by atoms with E-state index in [-0.39, 0.29) is 18.0 Å². The van der Waals surface area contributed by atoms with Crippen LogP contribution in [0.4, 0.5) is 0 Å². The van der Waals surface area contributed by atoms with E-state index in [0.717, 1.165) is 13.0 Å². The lowest BCUT2D eigenvalue weighted by Gasteiger charge is -2.21. The molecule has 0 spiro atoms. The van der Waals surface area contributed by atoms with Crippen LogP contribution in [0.15, 0.2) is 29.3 Å². The average molecular weight is 318 g/mol. The molecule has 0 aliphatic carbocycles. The minimum atomic E-state index is -0.228. The van der Waals surface area contributed by atoms with Gasteiger partial charge in [-0.1, -0.05) is 31.2 Å². The highest BCUT2D eigenvalue weighted by Gasteiger charge is 2.13. The van der Waals surface area contributed by atoms with E-state index in [1.807, 2.05) is 39.8 Å². The quantitative estimate of drug-likeness (QED) is 0.556. The van der Waals surface area contributed by atoms with E-state index in [1.165, 1.54) is 11.1 Å². The molecule has 1 amide bonds. The Morgan fingerprint density at radius 2 is 1.74 bits per heavy atom. The van der Waals surface area contributed by atoms with Gasteiger partial charge in [-0.15, -0.1) is 0 Å². The second-order valence-electron chi connectivity index (χ2n) is 6.47. The third-order valence-corrected chi connectivity index (χ3v) is 3.18. The molecular weight excluding hydrogens is 288 g/mol. The summed E-state index contributed by atoms with van der Waals surface area (Å²) in [5.74, 6) is 0.611. The van der Waals surface area contributed by atoms with Gasteiger partial charge >= 0.3 is 0 Å². The number of amides is 1. The first-order valence-electron chi connectivity index (χ1n) is 8.25. The third-order valence-electron chi connectivity index (χ3n) is 3.18. The second-order valence-corrected chi connectivity index (χ2v) is 6.47. The number of hydrogen-bond acceptors (Lipinski definition) is 2. The maximum atomic E-state index is 11.9. The molecule has 1 aromatic rings. The van der Waals surface area contributed by atoms with Crippen molar-refractivity contribution in [2.75, 3.05) is 13.1 Å². The molecule has 0 saturated carbocycles. The first-order valence-corrected chi connectivity index (χ1v) is 8.25. The van der Waals surface area contributed by atoms with Crippen LogP contribution in [-0.2, 0) is 17.8 Å². The van der Waals surface area contributed by atoms with Crippen molar-refractivity contribution in [3.05, 3.63) is 35.4 Å². The normalized spacial score (nSPS) is 12.0. The summed E-state index contributed by atoms with van der Waals surface area (Å²) in [5.41, 5.74) is 2.29. The Hall–Kier alpha value is -2.04. The molecule has 0 fully saturated rings. The van der Waals surface area contributed by atoms with E-state index >= 15 is 0 Å². The molecule has 1 aromatic carbocycles. The Bertz CT molecular complexity index is 532. The van der Waals surface area contributed by atoms with Crippen LogP contribution in [-0.4, -0.2) is 30.5 Å². The number of aryl methyl sites for hydroxylation is 1. The number of hydrogen-bond donors (Lipinski definition) is 3. The number of nitrogens with one attached hydrogen (secondary N) is 3. The Balaban J connectivity index is 2.65. The number of guanidine groups is 1. The number of benzene rings is 1. The maximum absolute atomic E-state index is 11.9. The highest BCUT2D eigenvalue weighted by molar-refractivity contribution is 5.86. The van der Waals surface area contributed by atoms with Crippen LogP contribution in [0, 0.1) is 0 Å². The van der Waals surface area contributed by atoms with Crippen LogP contribution in [0.1, 0.15) is 45.7 Å². The summed E-state index contributed by atoms with van der Waals surface area (Å²) in [4.78, 5) is 16.5. The molecule has 128 valence electrons. The maximum Gasteiger partial charge on any atom is 0.239 e. The van der Waals surface area contributed by atoms with Crippen LogP contribution in [0.25, 0.3) is 0 Å². The summed E-state index contributed by atoms with van der Waals surface area (Å²) < 4.78 is 0. The molecule has 0 aromatic heterocycles. The zero-order chi connectivity index (χ0) is 17.3. The fourth-order valence-corrected chi connectivity index (χ4v) is 2.19. The molecule has 0 atom stereocenters. The molecule has 5 heteroatoms. The number of carbonyl (C=O) groups is 1. The summed E-state index contributed by atoms with van der Waals surface area (Å²) in [6, 6.07) is 8.30. The van der Waals surface area contributed by atoms with Gasteiger partial charge in [0.25, 0.3) is 0 Å². The molecule has 23 heavy (non-hydrogen) atoms. The SMILES string of the molecule is CCNC(=NCc1ccccc1CC)NCC(=O)NC(C)(C)C. The smallest absolute Gasteiger partial charge is 0.239 e. The zero-order valence-corrected chi connectivity index (χ0v) is 15.0. The van der Waals surface area contributed by atoms with Gasteiger partial charge in [0, 0.05) is 12.1 Å². The Morgan fingerprint density at radius 1 is 1.09 bits per heavy atom. The van der Waals surface area contributed by atoms with E-state index in [2.05, 4.69) is 40.0 Å². The lowest BCUT2D eigenvalue weighted by atomic mass is 10.1. The minimum absolute atomic E-state index is 0.0444. The summed E-state index contributed by atoms with van der Waals surface area (Å²) in [6.07, 6.45) is 0.990. The third kappa shape index (κ3) is 7.68. The molecule has 5 nitrogen and oxygen atoms in total. The number of aliphatic imine (C=N–C) groups is 1. The lowest BCUT2D eigenvalue weighted by molar-refractivity contribution is -0.121. The molecule has 0 radical (unpaired) electrons. The van der Waals surface area contributed by atoms with Gasteiger partial charge < -0.3 is 16.0 Å². The van der Waals surface area contributed by atoms with Crippen molar-refractivity contribution in [1.29, 1.82) is 0 Å². The van der Waals surface area contributed by atoms with Crippen molar-refractivity contribution in [3.8, 4) is 0 Å². The lowest BCUT2D eigenvalue weighted by Crippen LogP contribution is -2.48. The van der Waals surface area contributed by atoms with Crippen LogP contribution >= 0.6 is 0 Å². The van der Waals surface area contributed by atoms with Crippen molar-refractivity contribution in [3.63, 3.8) is 0 Å². The van der Waals surface area contributed by atoms with Gasteiger partial charge in [-0.05, 0) is 45.2 Å². The molecule has 1 rings (SSSR count). The van der Waals surface area contributed by atoms with Crippen LogP contribution in [0.2, 0.25) is 0 Å². The number of rotatable bonds is 6. The van der Waals surface area contributed by atoms with Gasteiger partial charge in [0.05, 0.1) is 13.1 Å². The molecule has 3 N–H and O–H groups in total. The number of carbonyl (C=O) groups excluding carboxylic acids is 1. The molecule has 0 bridgehead atoms. The van der Waals surface area contributed by atoms with E-state index in [0.29, 0.717) is 12.5 Å². The molecule has 0 aliphatic heterocycles. The highest BCUT2D eigenvalue weighted by Crippen LogP contribution is 2.10. The van der Waals surface area contributed by atoms with Crippen molar-refractivity contribution in [2.24, 2.45) is 4.99 Å². The molecule has 0 unspecified atom stereocenters. The van der Waals surface area contributed by atoms with Crippen molar-refractivity contribution >= 4 is 11.9 Å². The van der Waals surface area contributed by atoms with E-state index in [1.54, 1.807) is 0 Å². The first-order chi connectivity index (χ1) is 10.9. The van der Waals surface area contributed by atoms with Crippen LogP contribution in [0.3, 0.4) is 0 Å². The fraction of sp³-hybridized carbons (Fsp3) is 0.556. The highest BCUT2D eigenvalue weighted by atomic mass is 16.2. The average Bonchev–Trinajstić information content (AvgIpc) is 2.48. The van der Waals surface area contributed by atoms with Gasteiger partial charge in [-0.2, -0.15) is 0 Å². The second kappa shape index (κ2) is 9.18. The van der Waals surface area contributed by atoms with Crippen molar-refractivity contribution in [1.82, 2.24) is 16.0 Å². The Labute approximate surface area is 140 Å². The predicted octanol–water partition coefficient (Wildman–Crippen LogP) is 2.22. The van der Waals surface area contributed by atoms with Gasteiger partial charge in [-0.25, -0.2) is 4.99 Å². The summed E-state index contributed by atoms with van der Waals surface area (Å²) in [6.45, 7) is 11.6. The Morgan fingerprint density at radius 3 is 2.30 bits per heavy atom. The topological polar surface area (TPSA) is 65.5 Å². The van der Waals surface area contributed by atoms with E-state index < -0.39 is 0 Å². The van der Waals surface area contributed by atoms with E-state index in [9.17, 15) is 4.79 Å². The number of nitrogens with zero attached hydrogens (tertiary/aromatic N) is 1. The molecule has 0 aliphatic rings. The van der Waals surface area contributed by atoms with E-state index in [4.69, 9.17) is 0 Å². The summed E-state index contributed by atoms with van der Waals surface area (Å²) in [5, 5.41) is 9.17. The van der Waals surface area contributed by atoms with Crippen LogP contribution in [0.5, 0.6) is 0 Å². The molecule has 0 heterocycles. The molecular formula is C18H30N4O. The van der Waals surface area contributed by atoms with Gasteiger partial charge in [0.1, 0.15) is 0 Å². The van der Waals surface area contributed by atoms with Gasteiger partial charge in [0.15, 0.2) is 5.96 Å². The van der Waals surface area contributed by atoms with Crippen molar-refractivity contribution < 1.29 is 4.79 Å². The van der Waals surface area contributed by atoms with Crippen LogP contribution < -0.4 is 16.0 Å². The van der Waals surface area contributed by atoms with Gasteiger partial charge in [0.2, 0.25) is 5.91 Å². The summed E-state index contributed by atoms with van der Waals surface area (Å²) in [7, 11) is 0. The fourth-order valence-electron chi connectivity index (χ4n) is 2.19. The monoisotopic (exact) mass is 318 g/mol. The zero-order valence-electron chi connectivity index (χ0n) is 15.0.